The van der Waals surface area contributed by atoms with E-state index in [1.807, 2.05) is 37.3 Å². The molecule has 1 amide bonds. The molecule has 0 saturated heterocycles. The molecule has 0 heterocycles. The van der Waals surface area contributed by atoms with Crippen molar-refractivity contribution in [3.8, 4) is 0 Å². The summed E-state index contributed by atoms with van der Waals surface area (Å²) in [4.78, 5) is 11.7. The molecule has 0 aliphatic rings. The molecular weight excluding hydrogens is 242 g/mol. The molecule has 1 rings (SSSR count). The lowest BCUT2D eigenvalue weighted by Gasteiger charge is -2.16. The maximum absolute atomic E-state index is 11.7. The number of aliphatic hydroxyl groups is 1. The highest BCUT2D eigenvalue weighted by Crippen LogP contribution is 2.03. The quantitative estimate of drug-likeness (QED) is 0.666. The second-order valence-corrected chi connectivity index (χ2v) is 4.50. The molecule has 0 fully saturated rings. The number of nitrogens with one attached hydrogen (secondary N) is 1. The summed E-state index contributed by atoms with van der Waals surface area (Å²) >= 11 is 0. The Morgan fingerprint density at radius 1 is 1.32 bits per heavy atom. The van der Waals surface area contributed by atoms with Crippen LogP contribution in [0.3, 0.4) is 0 Å². The first-order chi connectivity index (χ1) is 9.26. The van der Waals surface area contributed by atoms with Crippen LogP contribution >= 0.6 is 0 Å². The topological polar surface area (TPSA) is 58.6 Å². The fraction of sp³-hybridized carbons (Fsp3) is 0.533. The van der Waals surface area contributed by atoms with Gasteiger partial charge in [-0.3, -0.25) is 4.79 Å². The Balaban J connectivity index is 2.29. The Morgan fingerprint density at radius 3 is 2.68 bits per heavy atom. The van der Waals surface area contributed by atoms with Gasteiger partial charge in [0.05, 0.1) is 19.3 Å². The SMILES string of the molecule is CCCOCCC(=O)N[C@@H](CO)Cc1ccccc1. The predicted octanol–water partition coefficient (Wildman–Crippen LogP) is 1.52. The van der Waals surface area contributed by atoms with Crippen molar-refractivity contribution < 1.29 is 14.6 Å². The molecule has 1 aromatic rings. The van der Waals surface area contributed by atoms with Crippen molar-refractivity contribution in [2.75, 3.05) is 19.8 Å². The van der Waals surface area contributed by atoms with Gasteiger partial charge in [-0.25, -0.2) is 0 Å². The average Bonchev–Trinajstić information content (AvgIpc) is 2.44. The van der Waals surface area contributed by atoms with E-state index in [1.165, 1.54) is 0 Å². The summed E-state index contributed by atoms with van der Waals surface area (Å²) in [5.74, 6) is -0.0777. The van der Waals surface area contributed by atoms with Crippen LogP contribution in [0, 0.1) is 0 Å². The molecule has 106 valence electrons. The molecule has 1 aromatic carbocycles. The summed E-state index contributed by atoms with van der Waals surface area (Å²) in [5, 5.41) is 12.1. The van der Waals surface area contributed by atoms with Crippen LogP contribution in [-0.2, 0) is 16.0 Å². The highest BCUT2D eigenvalue weighted by molar-refractivity contribution is 5.76. The minimum absolute atomic E-state index is 0.0591. The van der Waals surface area contributed by atoms with Gasteiger partial charge >= 0.3 is 0 Å². The van der Waals surface area contributed by atoms with E-state index in [-0.39, 0.29) is 18.6 Å². The molecule has 0 aliphatic carbocycles. The van der Waals surface area contributed by atoms with Gasteiger partial charge in [-0.2, -0.15) is 0 Å². The van der Waals surface area contributed by atoms with Crippen LogP contribution in [0.2, 0.25) is 0 Å². The number of hydrogen-bond acceptors (Lipinski definition) is 3. The van der Waals surface area contributed by atoms with Crippen LogP contribution in [0.4, 0.5) is 0 Å². The predicted molar refractivity (Wildman–Crippen MR) is 74.9 cm³/mol. The molecule has 0 saturated carbocycles. The van der Waals surface area contributed by atoms with Crippen molar-refractivity contribution in [3.05, 3.63) is 35.9 Å². The number of amides is 1. The van der Waals surface area contributed by atoms with E-state index in [2.05, 4.69) is 5.32 Å². The summed E-state index contributed by atoms with van der Waals surface area (Å²) in [6, 6.07) is 9.58. The lowest BCUT2D eigenvalue weighted by molar-refractivity contribution is -0.123. The highest BCUT2D eigenvalue weighted by atomic mass is 16.5. The van der Waals surface area contributed by atoms with Gasteiger partial charge in [0.2, 0.25) is 5.91 Å². The third kappa shape index (κ3) is 6.94. The van der Waals surface area contributed by atoms with E-state index < -0.39 is 0 Å². The van der Waals surface area contributed by atoms with Crippen molar-refractivity contribution in [2.24, 2.45) is 0 Å². The van der Waals surface area contributed by atoms with Crippen LogP contribution < -0.4 is 5.32 Å². The molecular formula is C15H23NO3. The Kier molecular flexibility index (Phi) is 7.86. The van der Waals surface area contributed by atoms with Gasteiger partial charge in [-0.15, -0.1) is 0 Å². The molecule has 4 heteroatoms. The van der Waals surface area contributed by atoms with Crippen LogP contribution in [0.5, 0.6) is 0 Å². The van der Waals surface area contributed by atoms with Gasteiger partial charge in [0.1, 0.15) is 0 Å². The summed E-state index contributed by atoms with van der Waals surface area (Å²) in [5.41, 5.74) is 1.10. The molecule has 0 spiro atoms. The van der Waals surface area contributed by atoms with Crippen molar-refractivity contribution in [1.82, 2.24) is 5.32 Å². The highest BCUT2D eigenvalue weighted by Gasteiger charge is 2.11. The first-order valence-corrected chi connectivity index (χ1v) is 6.78. The van der Waals surface area contributed by atoms with E-state index >= 15 is 0 Å². The number of rotatable bonds is 9. The Bertz CT molecular complexity index is 354. The Hall–Kier alpha value is -1.39. The zero-order chi connectivity index (χ0) is 13.9. The zero-order valence-corrected chi connectivity index (χ0v) is 11.5. The van der Waals surface area contributed by atoms with E-state index in [0.717, 1.165) is 12.0 Å². The second kappa shape index (κ2) is 9.53. The van der Waals surface area contributed by atoms with Crippen LogP contribution in [0.1, 0.15) is 25.3 Å². The number of hydrogen-bond donors (Lipinski definition) is 2. The van der Waals surface area contributed by atoms with Crippen molar-refractivity contribution in [2.45, 2.75) is 32.2 Å². The third-order valence-electron chi connectivity index (χ3n) is 2.73. The van der Waals surface area contributed by atoms with Crippen molar-refractivity contribution in [3.63, 3.8) is 0 Å². The lowest BCUT2D eigenvalue weighted by Crippen LogP contribution is -2.39. The largest absolute Gasteiger partial charge is 0.394 e. The zero-order valence-electron chi connectivity index (χ0n) is 11.5. The van der Waals surface area contributed by atoms with Crippen LogP contribution in [0.25, 0.3) is 0 Å². The normalized spacial score (nSPS) is 12.1. The number of aliphatic hydroxyl groups excluding tert-OH is 1. The van der Waals surface area contributed by atoms with Gasteiger partial charge in [-0.1, -0.05) is 37.3 Å². The number of ether oxygens (including phenoxy) is 1. The summed E-state index contributed by atoms with van der Waals surface area (Å²) < 4.78 is 5.26. The fourth-order valence-electron chi connectivity index (χ4n) is 1.77. The molecule has 1 atom stereocenters. The maximum Gasteiger partial charge on any atom is 0.222 e. The molecule has 0 aromatic heterocycles. The lowest BCUT2D eigenvalue weighted by atomic mass is 10.1. The maximum atomic E-state index is 11.7. The number of carbonyl (C=O) groups is 1. The van der Waals surface area contributed by atoms with E-state index in [9.17, 15) is 9.90 Å². The van der Waals surface area contributed by atoms with Crippen molar-refractivity contribution >= 4 is 5.91 Å². The van der Waals surface area contributed by atoms with Crippen LogP contribution in [0.15, 0.2) is 30.3 Å². The van der Waals surface area contributed by atoms with Gasteiger partial charge < -0.3 is 15.2 Å². The molecule has 0 radical (unpaired) electrons. The monoisotopic (exact) mass is 265 g/mol. The Labute approximate surface area is 114 Å². The van der Waals surface area contributed by atoms with Crippen molar-refractivity contribution in [1.29, 1.82) is 0 Å². The van der Waals surface area contributed by atoms with Gasteiger partial charge in [0.15, 0.2) is 0 Å². The average molecular weight is 265 g/mol. The minimum atomic E-state index is -0.235. The Morgan fingerprint density at radius 2 is 2.05 bits per heavy atom. The molecule has 19 heavy (non-hydrogen) atoms. The second-order valence-electron chi connectivity index (χ2n) is 4.50. The fourth-order valence-corrected chi connectivity index (χ4v) is 1.77. The first-order valence-electron chi connectivity index (χ1n) is 6.78. The van der Waals surface area contributed by atoms with Gasteiger partial charge in [0, 0.05) is 13.0 Å². The third-order valence-corrected chi connectivity index (χ3v) is 2.73. The van der Waals surface area contributed by atoms with Gasteiger partial charge in [0.25, 0.3) is 0 Å². The summed E-state index contributed by atoms with van der Waals surface area (Å²) in [6.07, 6.45) is 1.93. The van der Waals surface area contributed by atoms with E-state index in [1.54, 1.807) is 0 Å². The molecule has 2 N–H and O–H groups in total. The number of carbonyl (C=O) groups excluding carboxylic acids is 1. The first kappa shape index (κ1) is 15.7. The van der Waals surface area contributed by atoms with Gasteiger partial charge in [-0.05, 0) is 18.4 Å². The molecule has 0 aliphatic heterocycles. The minimum Gasteiger partial charge on any atom is -0.394 e. The molecule has 0 bridgehead atoms. The smallest absolute Gasteiger partial charge is 0.222 e. The molecule has 0 unspecified atom stereocenters. The molecule has 4 nitrogen and oxygen atoms in total. The van der Waals surface area contributed by atoms with E-state index in [0.29, 0.717) is 26.1 Å². The van der Waals surface area contributed by atoms with E-state index in [4.69, 9.17) is 4.74 Å². The standard InChI is InChI=1S/C15H23NO3/c1-2-9-19-10-8-15(18)16-14(12-17)11-13-6-4-3-5-7-13/h3-7,14,17H,2,8-12H2,1H3,(H,16,18)/t14-/m1/s1. The number of benzene rings is 1. The summed E-state index contributed by atoms with van der Waals surface area (Å²) in [7, 11) is 0. The van der Waals surface area contributed by atoms with Crippen LogP contribution in [-0.4, -0.2) is 36.9 Å². The summed E-state index contributed by atoms with van der Waals surface area (Å²) in [6.45, 7) is 3.09.